The maximum atomic E-state index is 13.1. The molecule has 0 unspecified atom stereocenters. The van der Waals surface area contributed by atoms with Gasteiger partial charge in [-0.15, -0.1) is 0 Å². The number of carbonyl (C=O) groups is 1. The van der Waals surface area contributed by atoms with Crippen LogP contribution >= 0.6 is 0 Å². The van der Waals surface area contributed by atoms with E-state index in [2.05, 4.69) is 28.7 Å². The van der Waals surface area contributed by atoms with E-state index in [0.29, 0.717) is 42.0 Å². The van der Waals surface area contributed by atoms with Gasteiger partial charge in [-0.05, 0) is 67.9 Å². The molecule has 2 aromatic heterocycles. The highest BCUT2D eigenvalue weighted by atomic mass is 32.2. The molecule has 0 saturated heterocycles. The number of nitrogens with one attached hydrogen (secondary N) is 1. The summed E-state index contributed by atoms with van der Waals surface area (Å²) in [7, 11) is -3.34. The Bertz CT molecular complexity index is 1410. The predicted octanol–water partition coefficient (Wildman–Crippen LogP) is 5.72. The normalized spacial score (nSPS) is 18.5. The molecular weight excluding hydrogens is 529 g/mol. The first-order valence-corrected chi connectivity index (χ1v) is 15.0. The minimum absolute atomic E-state index is 0.0128. The number of hydrogen-bond acceptors (Lipinski definition) is 5. The first-order valence-electron chi connectivity index (χ1n) is 13.4. The molecule has 1 aromatic carbocycles. The van der Waals surface area contributed by atoms with E-state index in [1.165, 1.54) is 12.3 Å². The Hall–Kier alpha value is -2.95. The van der Waals surface area contributed by atoms with Gasteiger partial charge in [0, 0.05) is 24.7 Å². The Morgan fingerprint density at radius 2 is 1.85 bits per heavy atom. The Balaban J connectivity index is 1.47. The van der Waals surface area contributed by atoms with E-state index in [0.717, 1.165) is 17.9 Å². The van der Waals surface area contributed by atoms with Crippen molar-refractivity contribution < 1.29 is 26.4 Å². The number of hydrogen-bond donors (Lipinski definition) is 1. The van der Waals surface area contributed by atoms with Crippen LogP contribution in [0.4, 0.5) is 13.2 Å². The number of aromatic nitrogens is 3. The van der Waals surface area contributed by atoms with Gasteiger partial charge >= 0.3 is 6.18 Å². The lowest BCUT2D eigenvalue weighted by Gasteiger charge is -2.29. The second kappa shape index (κ2) is 11.7. The lowest BCUT2D eigenvalue weighted by Crippen LogP contribution is -2.28. The van der Waals surface area contributed by atoms with E-state index in [1.54, 1.807) is 25.1 Å². The summed E-state index contributed by atoms with van der Waals surface area (Å²) in [6, 6.07) is 8.40. The summed E-state index contributed by atoms with van der Waals surface area (Å²) in [6.45, 7) is 6.63. The molecule has 0 radical (unpaired) electrons. The quantitative estimate of drug-likeness (QED) is 0.359. The van der Waals surface area contributed by atoms with Crippen LogP contribution in [0.1, 0.15) is 68.3 Å². The van der Waals surface area contributed by atoms with Gasteiger partial charge in [0.1, 0.15) is 5.82 Å². The third-order valence-corrected chi connectivity index (χ3v) is 9.10. The number of sulfone groups is 1. The number of fused-ring (bicyclic) bond motifs is 1. The largest absolute Gasteiger partial charge is 0.391 e. The first kappa shape index (κ1) is 29.0. The van der Waals surface area contributed by atoms with Crippen LogP contribution < -0.4 is 5.32 Å². The van der Waals surface area contributed by atoms with Crippen LogP contribution in [0.15, 0.2) is 41.4 Å². The van der Waals surface area contributed by atoms with Gasteiger partial charge in [-0.3, -0.25) is 9.78 Å². The van der Waals surface area contributed by atoms with E-state index >= 15 is 0 Å². The molecule has 3 aromatic rings. The molecule has 2 heterocycles. The molecule has 0 aliphatic heterocycles. The number of carbonyl (C=O) groups excluding carboxylic acids is 1. The highest BCUT2D eigenvalue weighted by Gasteiger charge is 2.41. The van der Waals surface area contributed by atoms with Crippen molar-refractivity contribution in [3.8, 4) is 0 Å². The fourth-order valence-corrected chi connectivity index (χ4v) is 5.96. The van der Waals surface area contributed by atoms with Gasteiger partial charge in [-0.2, -0.15) is 13.2 Å². The molecule has 0 atom stereocenters. The number of imidazole rings is 1. The molecule has 4 rings (SSSR count). The molecule has 39 heavy (non-hydrogen) atoms. The van der Waals surface area contributed by atoms with E-state index < -0.39 is 21.9 Å². The van der Waals surface area contributed by atoms with Gasteiger partial charge in [0.15, 0.2) is 9.84 Å². The molecule has 1 N–H and O–H groups in total. The number of nitrogens with zero attached hydrogens (tertiary/aromatic N) is 3. The van der Waals surface area contributed by atoms with Crippen molar-refractivity contribution in [1.29, 1.82) is 0 Å². The molecule has 0 spiro atoms. The lowest BCUT2D eigenvalue weighted by molar-refractivity contribution is -0.183. The highest BCUT2D eigenvalue weighted by Crippen LogP contribution is 2.40. The molecule has 212 valence electrons. The van der Waals surface area contributed by atoms with Crippen LogP contribution in [0.25, 0.3) is 11.0 Å². The minimum Gasteiger partial charge on any atom is -0.346 e. The number of amides is 1. The monoisotopic (exact) mass is 564 g/mol. The fourth-order valence-electron chi connectivity index (χ4n) is 5.14. The van der Waals surface area contributed by atoms with Crippen molar-refractivity contribution in [1.82, 2.24) is 19.9 Å². The van der Waals surface area contributed by atoms with Crippen LogP contribution in [0.3, 0.4) is 0 Å². The standard InChI is InChI=1S/C28H35F3N4O3S/c1-4-39(37,38)23-11-10-22(32-16-23)15-33-27(36)20-7-12-25-24(14-20)34-26(35(25)17-18(2)3)13-19-5-8-21(9-6-19)28(29,30)31/h7,10-12,14,16,18-19,21H,4-6,8-9,13,15,17H2,1-3H3,(H,33,36). The van der Waals surface area contributed by atoms with Gasteiger partial charge in [-0.1, -0.05) is 20.8 Å². The van der Waals surface area contributed by atoms with Crippen molar-refractivity contribution in [2.75, 3.05) is 5.75 Å². The maximum Gasteiger partial charge on any atom is 0.391 e. The van der Waals surface area contributed by atoms with Crippen molar-refractivity contribution in [2.45, 2.75) is 77.0 Å². The Morgan fingerprint density at radius 3 is 2.44 bits per heavy atom. The number of rotatable bonds is 9. The molecule has 11 heteroatoms. The van der Waals surface area contributed by atoms with E-state index in [4.69, 9.17) is 4.98 Å². The van der Waals surface area contributed by atoms with Crippen LogP contribution in [0.5, 0.6) is 0 Å². The molecule has 0 bridgehead atoms. The van der Waals surface area contributed by atoms with Gasteiger partial charge in [-0.25, -0.2) is 13.4 Å². The minimum atomic E-state index is -4.12. The van der Waals surface area contributed by atoms with Crippen LogP contribution in [-0.4, -0.2) is 40.8 Å². The predicted molar refractivity (Wildman–Crippen MR) is 143 cm³/mol. The van der Waals surface area contributed by atoms with Crippen molar-refractivity contribution in [3.05, 3.63) is 53.6 Å². The third kappa shape index (κ3) is 6.98. The Morgan fingerprint density at radius 1 is 1.13 bits per heavy atom. The van der Waals surface area contributed by atoms with Crippen LogP contribution in [0, 0.1) is 17.8 Å². The zero-order valence-electron chi connectivity index (χ0n) is 22.5. The number of pyridine rings is 1. The average molecular weight is 565 g/mol. The van der Waals surface area contributed by atoms with Gasteiger partial charge < -0.3 is 9.88 Å². The van der Waals surface area contributed by atoms with Crippen molar-refractivity contribution in [2.24, 2.45) is 17.8 Å². The Kier molecular flexibility index (Phi) is 8.68. The molecule has 7 nitrogen and oxygen atoms in total. The summed E-state index contributed by atoms with van der Waals surface area (Å²) in [5.41, 5.74) is 2.53. The van der Waals surface area contributed by atoms with Crippen molar-refractivity contribution >= 4 is 26.8 Å². The third-order valence-electron chi connectivity index (χ3n) is 7.38. The average Bonchev–Trinajstić information content (AvgIpc) is 3.22. The number of alkyl halides is 3. The second-order valence-corrected chi connectivity index (χ2v) is 13.0. The zero-order valence-corrected chi connectivity index (χ0v) is 23.3. The van der Waals surface area contributed by atoms with Crippen LogP contribution in [0.2, 0.25) is 0 Å². The SMILES string of the molecule is CCS(=O)(=O)c1ccc(CNC(=O)c2ccc3c(c2)nc(CC2CCC(C(F)(F)F)CC2)n3CC(C)C)nc1. The number of halogens is 3. The zero-order chi connectivity index (χ0) is 28.4. The van der Waals surface area contributed by atoms with Crippen LogP contribution in [-0.2, 0) is 29.3 Å². The molecular formula is C28H35F3N4O3S. The topological polar surface area (TPSA) is 94.0 Å². The van der Waals surface area contributed by atoms with E-state index in [9.17, 15) is 26.4 Å². The van der Waals surface area contributed by atoms with E-state index in [1.807, 2.05) is 6.07 Å². The van der Waals surface area contributed by atoms with Gasteiger partial charge in [0.05, 0.1) is 39.8 Å². The second-order valence-electron chi connectivity index (χ2n) is 10.8. The molecule has 1 aliphatic carbocycles. The van der Waals surface area contributed by atoms with E-state index in [-0.39, 0.29) is 41.9 Å². The summed E-state index contributed by atoms with van der Waals surface area (Å²) in [5, 5.41) is 2.81. The molecule has 1 fully saturated rings. The summed E-state index contributed by atoms with van der Waals surface area (Å²) in [6.07, 6.45) is -0.830. The summed E-state index contributed by atoms with van der Waals surface area (Å²) in [4.78, 5) is 22.0. The van der Waals surface area contributed by atoms with Gasteiger partial charge in [0.25, 0.3) is 5.91 Å². The smallest absolute Gasteiger partial charge is 0.346 e. The van der Waals surface area contributed by atoms with Gasteiger partial charge in [0.2, 0.25) is 0 Å². The summed E-state index contributed by atoms with van der Waals surface area (Å²) < 4.78 is 65.3. The molecule has 1 aliphatic rings. The lowest BCUT2D eigenvalue weighted by atomic mass is 9.80. The first-order chi connectivity index (χ1) is 18.4. The highest BCUT2D eigenvalue weighted by molar-refractivity contribution is 7.91. The number of benzene rings is 1. The summed E-state index contributed by atoms with van der Waals surface area (Å²) in [5.74, 6) is -0.188. The molecule has 1 amide bonds. The Labute approximate surface area is 227 Å². The fraction of sp³-hybridized carbons (Fsp3) is 0.536. The molecule has 1 saturated carbocycles. The van der Waals surface area contributed by atoms with Crippen molar-refractivity contribution in [3.63, 3.8) is 0 Å². The summed E-state index contributed by atoms with van der Waals surface area (Å²) >= 11 is 0. The maximum absolute atomic E-state index is 13.1.